The molecule has 6 nitrogen and oxygen atoms in total. The van der Waals surface area contributed by atoms with Crippen LogP contribution in [0.3, 0.4) is 0 Å². The van der Waals surface area contributed by atoms with E-state index in [9.17, 15) is 13.2 Å². The predicted octanol–water partition coefficient (Wildman–Crippen LogP) is 1.95. The van der Waals surface area contributed by atoms with Crippen molar-refractivity contribution in [2.45, 2.75) is 57.5 Å². The smallest absolute Gasteiger partial charge is 0.317 e. The molecule has 0 aromatic carbocycles. The van der Waals surface area contributed by atoms with Crippen molar-refractivity contribution in [1.82, 2.24) is 10.2 Å². The van der Waals surface area contributed by atoms with Gasteiger partial charge in [0.05, 0.1) is 24.2 Å². The summed E-state index contributed by atoms with van der Waals surface area (Å²) in [5, 5.41) is 2.88. The minimum Gasteiger partial charge on any atom is -0.374 e. The van der Waals surface area contributed by atoms with Crippen LogP contribution in [-0.4, -0.2) is 63.2 Å². The van der Waals surface area contributed by atoms with E-state index in [4.69, 9.17) is 4.74 Å². The Balaban J connectivity index is 1.47. The van der Waals surface area contributed by atoms with E-state index in [0.29, 0.717) is 5.41 Å². The van der Waals surface area contributed by atoms with Crippen molar-refractivity contribution >= 4 is 15.9 Å². The van der Waals surface area contributed by atoms with Gasteiger partial charge in [-0.15, -0.1) is 0 Å². The summed E-state index contributed by atoms with van der Waals surface area (Å²) >= 11 is 0. The van der Waals surface area contributed by atoms with Crippen LogP contribution in [0.1, 0.15) is 51.4 Å². The van der Waals surface area contributed by atoms with Crippen LogP contribution in [0, 0.1) is 5.41 Å². The summed E-state index contributed by atoms with van der Waals surface area (Å²) in [6.07, 6.45) is 9.66. The summed E-state index contributed by atoms with van der Waals surface area (Å²) in [6.45, 7) is 2.13. The number of likely N-dealkylation sites (tertiary alicyclic amines) is 1. The van der Waals surface area contributed by atoms with Crippen LogP contribution in [0.5, 0.6) is 0 Å². The minimum atomic E-state index is -3.02. The number of amides is 2. The summed E-state index contributed by atoms with van der Waals surface area (Å²) in [5.41, 5.74) is 0.466. The molecule has 138 valence electrons. The van der Waals surface area contributed by atoms with Gasteiger partial charge >= 0.3 is 6.03 Å². The second kappa shape index (κ2) is 7.60. The number of nitrogens with zero attached hydrogens (tertiary/aromatic N) is 1. The van der Waals surface area contributed by atoms with Crippen LogP contribution in [0.4, 0.5) is 4.79 Å². The van der Waals surface area contributed by atoms with Crippen LogP contribution in [0.15, 0.2) is 0 Å². The van der Waals surface area contributed by atoms with Gasteiger partial charge in [-0.25, -0.2) is 13.2 Å². The third-order valence-corrected chi connectivity index (χ3v) is 7.59. The molecule has 3 fully saturated rings. The Morgan fingerprint density at radius 1 is 1.08 bits per heavy atom. The molecule has 7 heteroatoms. The molecule has 2 saturated heterocycles. The lowest BCUT2D eigenvalue weighted by molar-refractivity contribution is 0.0717. The zero-order valence-electron chi connectivity index (χ0n) is 14.5. The highest BCUT2D eigenvalue weighted by Gasteiger charge is 2.35. The standard InChI is InChI=1S/C17H30N2O4S/c20-16(18-13-15-14-24(21,22)12-11-23-15)19-9-4-7-17(8-10-19)5-2-1-3-6-17/h15H,1-14H2,(H,18,20). The molecule has 0 aromatic rings. The van der Waals surface area contributed by atoms with Gasteiger partial charge in [0, 0.05) is 19.6 Å². The molecule has 0 radical (unpaired) electrons. The SMILES string of the molecule is O=C(NCC1CS(=O)(=O)CCO1)N1CCCC2(CCCCC2)CC1. The van der Waals surface area contributed by atoms with E-state index in [-0.39, 0.29) is 30.7 Å². The van der Waals surface area contributed by atoms with Gasteiger partial charge in [0.25, 0.3) is 0 Å². The minimum absolute atomic E-state index is 0.0103. The van der Waals surface area contributed by atoms with Gasteiger partial charge in [-0.1, -0.05) is 19.3 Å². The number of hydrogen-bond acceptors (Lipinski definition) is 4. The van der Waals surface area contributed by atoms with E-state index in [1.165, 1.54) is 38.5 Å². The molecule has 0 aromatic heterocycles. The highest BCUT2D eigenvalue weighted by Crippen LogP contribution is 2.44. The lowest BCUT2D eigenvalue weighted by Crippen LogP contribution is -2.47. The number of ether oxygens (including phenoxy) is 1. The van der Waals surface area contributed by atoms with Gasteiger partial charge in [0.2, 0.25) is 0 Å². The quantitative estimate of drug-likeness (QED) is 0.818. The summed E-state index contributed by atoms with van der Waals surface area (Å²) in [5.74, 6) is 0.0993. The number of hydrogen-bond donors (Lipinski definition) is 1. The fourth-order valence-electron chi connectivity index (χ4n) is 4.45. The second-order valence-corrected chi connectivity index (χ2v) is 9.92. The Bertz CT molecular complexity index is 543. The molecule has 1 spiro atoms. The van der Waals surface area contributed by atoms with E-state index in [2.05, 4.69) is 5.32 Å². The van der Waals surface area contributed by atoms with E-state index >= 15 is 0 Å². The molecular formula is C17H30N2O4S. The van der Waals surface area contributed by atoms with Crippen LogP contribution in [0.2, 0.25) is 0 Å². The van der Waals surface area contributed by atoms with Gasteiger partial charge in [0.1, 0.15) is 0 Å². The molecule has 0 bridgehead atoms. The zero-order valence-corrected chi connectivity index (χ0v) is 15.3. The van der Waals surface area contributed by atoms with Crippen LogP contribution in [-0.2, 0) is 14.6 Å². The molecule has 2 amide bonds. The molecule has 1 saturated carbocycles. The van der Waals surface area contributed by atoms with Crippen LogP contribution >= 0.6 is 0 Å². The monoisotopic (exact) mass is 358 g/mol. The predicted molar refractivity (Wildman–Crippen MR) is 92.7 cm³/mol. The summed E-state index contributed by atoms with van der Waals surface area (Å²) in [6, 6.07) is -0.0746. The average Bonchev–Trinajstić information content (AvgIpc) is 2.75. The molecule has 2 aliphatic heterocycles. The molecule has 3 aliphatic rings. The number of carbonyl (C=O) groups is 1. The van der Waals surface area contributed by atoms with Crippen LogP contribution < -0.4 is 5.32 Å². The van der Waals surface area contributed by atoms with Gasteiger partial charge in [0.15, 0.2) is 9.84 Å². The highest BCUT2D eigenvalue weighted by molar-refractivity contribution is 7.91. The van der Waals surface area contributed by atoms with Crippen molar-refractivity contribution in [2.24, 2.45) is 5.41 Å². The van der Waals surface area contributed by atoms with Crippen molar-refractivity contribution in [1.29, 1.82) is 0 Å². The fourth-order valence-corrected chi connectivity index (χ4v) is 5.74. The Labute approximate surface area is 145 Å². The maximum absolute atomic E-state index is 12.4. The van der Waals surface area contributed by atoms with Crippen molar-refractivity contribution in [3.05, 3.63) is 0 Å². The Morgan fingerprint density at radius 3 is 2.58 bits per heavy atom. The van der Waals surface area contributed by atoms with Crippen LogP contribution in [0.25, 0.3) is 0 Å². The first-order chi connectivity index (χ1) is 11.5. The second-order valence-electron chi connectivity index (χ2n) is 7.69. The summed E-state index contributed by atoms with van der Waals surface area (Å²) < 4.78 is 28.7. The van der Waals surface area contributed by atoms with Crippen molar-refractivity contribution in [3.8, 4) is 0 Å². The van der Waals surface area contributed by atoms with E-state index in [1.54, 1.807) is 0 Å². The van der Waals surface area contributed by atoms with E-state index in [1.807, 2.05) is 4.90 Å². The molecule has 2 heterocycles. The average molecular weight is 359 g/mol. The molecular weight excluding hydrogens is 328 g/mol. The van der Waals surface area contributed by atoms with Crippen molar-refractivity contribution < 1.29 is 17.9 Å². The Morgan fingerprint density at radius 2 is 1.83 bits per heavy atom. The van der Waals surface area contributed by atoms with E-state index in [0.717, 1.165) is 25.9 Å². The molecule has 1 atom stereocenters. The lowest BCUT2D eigenvalue weighted by atomic mass is 9.69. The first kappa shape index (κ1) is 18.0. The van der Waals surface area contributed by atoms with Crippen molar-refractivity contribution in [3.63, 3.8) is 0 Å². The molecule has 24 heavy (non-hydrogen) atoms. The zero-order chi connectivity index (χ0) is 17.0. The summed E-state index contributed by atoms with van der Waals surface area (Å²) in [7, 11) is -3.02. The normalized spacial score (nSPS) is 29.8. The van der Waals surface area contributed by atoms with Gasteiger partial charge in [-0.05, 0) is 37.5 Å². The Kier molecular flexibility index (Phi) is 5.70. The molecule has 1 N–H and O–H groups in total. The molecule has 3 rings (SSSR count). The maximum atomic E-state index is 12.4. The number of sulfone groups is 1. The third-order valence-electron chi connectivity index (χ3n) is 5.92. The Hall–Kier alpha value is -0.820. The van der Waals surface area contributed by atoms with E-state index < -0.39 is 15.9 Å². The fraction of sp³-hybridized carbons (Fsp3) is 0.941. The molecule has 1 unspecified atom stereocenters. The topological polar surface area (TPSA) is 75.7 Å². The third kappa shape index (κ3) is 4.63. The molecule has 1 aliphatic carbocycles. The van der Waals surface area contributed by atoms with Gasteiger partial charge < -0.3 is 15.0 Å². The summed E-state index contributed by atoms with van der Waals surface area (Å²) in [4.78, 5) is 14.3. The number of urea groups is 1. The van der Waals surface area contributed by atoms with Crippen molar-refractivity contribution in [2.75, 3.05) is 37.7 Å². The first-order valence-corrected chi connectivity index (χ1v) is 11.2. The maximum Gasteiger partial charge on any atom is 0.317 e. The van der Waals surface area contributed by atoms with Gasteiger partial charge in [-0.2, -0.15) is 0 Å². The lowest BCUT2D eigenvalue weighted by Gasteiger charge is -2.36. The highest BCUT2D eigenvalue weighted by atomic mass is 32.2. The first-order valence-electron chi connectivity index (χ1n) is 9.33. The van der Waals surface area contributed by atoms with Gasteiger partial charge in [-0.3, -0.25) is 0 Å². The largest absolute Gasteiger partial charge is 0.374 e. The number of rotatable bonds is 2. The number of carbonyl (C=O) groups excluding carboxylic acids is 1. The number of nitrogens with one attached hydrogen (secondary N) is 1.